The summed E-state index contributed by atoms with van der Waals surface area (Å²) in [5.74, 6) is -4.13. The first kappa shape index (κ1) is 9.18. The van der Waals surface area contributed by atoms with E-state index in [0.717, 1.165) is 6.26 Å². The molecule has 0 saturated heterocycles. The van der Waals surface area contributed by atoms with Crippen LogP contribution in [0, 0.1) is 0 Å². The average molecular weight is 202 g/mol. The molecule has 0 aliphatic heterocycles. The van der Waals surface area contributed by atoms with Gasteiger partial charge in [0.05, 0.1) is 6.26 Å². The Bertz CT molecular complexity index is 381. The number of alkyl halides is 2. The molecule has 1 aliphatic carbocycles. The van der Waals surface area contributed by atoms with Crippen LogP contribution in [0.3, 0.4) is 0 Å². The van der Waals surface area contributed by atoms with Gasteiger partial charge in [0.15, 0.2) is 0 Å². The predicted octanol–water partition coefficient (Wildman–Crippen LogP) is 2.10. The summed E-state index contributed by atoms with van der Waals surface area (Å²) >= 11 is 0. The molecule has 14 heavy (non-hydrogen) atoms. The lowest BCUT2D eigenvalue weighted by atomic mass is 9.91. The fraction of sp³-hybridized carbons (Fsp3) is 0.444. The number of carboxylic acid groups (broad SMARTS) is 1. The number of hydrogen-bond donors (Lipinski definition) is 1. The van der Waals surface area contributed by atoms with Crippen LogP contribution in [-0.4, -0.2) is 17.0 Å². The first-order valence-electron chi connectivity index (χ1n) is 4.20. The summed E-state index contributed by atoms with van der Waals surface area (Å²) in [6, 6.07) is 0. The van der Waals surface area contributed by atoms with Gasteiger partial charge in [-0.1, -0.05) is 0 Å². The van der Waals surface area contributed by atoms with E-state index in [1.807, 2.05) is 0 Å². The fourth-order valence-corrected chi connectivity index (χ4v) is 1.69. The molecule has 76 valence electrons. The normalized spacial score (nSPS) is 19.0. The molecule has 2 rings (SSSR count). The highest BCUT2D eigenvalue weighted by molar-refractivity contribution is 5.86. The van der Waals surface area contributed by atoms with E-state index in [9.17, 15) is 13.6 Å². The van der Waals surface area contributed by atoms with Gasteiger partial charge in [-0.15, -0.1) is 0 Å². The number of furan rings is 1. The summed E-state index contributed by atoms with van der Waals surface area (Å²) < 4.78 is 30.5. The van der Waals surface area contributed by atoms with Gasteiger partial charge in [0.2, 0.25) is 5.76 Å². The van der Waals surface area contributed by atoms with Crippen LogP contribution in [-0.2, 0) is 12.8 Å². The van der Waals surface area contributed by atoms with E-state index in [1.54, 1.807) is 0 Å². The Kier molecular flexibility index (Phi) is 1.83. The smallest absolute Gasteiger partial charge is 0.372 e. The third-order valence-electron chi connectivity index (χ3n) is 2.36. The van der Waals surface area contributed by atoms with E-state index in [4.69, 9.17) is 9.52 Å². The van der Waals surface area contributed by atoms with Crippen LogP contribution in [0.2, 0.25) is 0 Å². The van der Waals surface area contributed by atoms with Crippen molar-refractivity contribution >= 4 is 5.97 Å². The van der Waals surface area contributed by atoms with Gasteiger partial charge in [-0.3, -0.25) is 0 Å². The lowest BCUT2D eigenvalue weighted by molar-refractivity contribution is -0.0122. The molecule has 1 N–H and O–H groups in total. The fourth-order valence-electron chi connectivity index (χ4n) is 1.69. The number of hydrogen-bond acceptors (Lipinski definition) is 2. The second kappa shape index (κ2) is 2.80. The number of halogens is 2. The molecule has 0 amide bonds. The maximum Gasteiger partial charge on any atom is 0.372 e. The maximum atomic E-state index is 12.9. The highest BCUT2D eigenvalue weighted by Gasteiger charge is 2.37. The zero-order chi connectivity index (χ0) is 10.3. The molecule has 3 nitrogen and oxygen atoms in total. The number of rotatable bonds is 1. The first-order valence-corrected chi connectivity index (χ1v) is 4.20. The Morgan fingerprint density at radius 1 is 1.57 bits per heavy atom. The van der Waals surface area contributed by atoms with Crippen molar-refractivity contribution in [2.75, 3.05) is 0 Å². The molecule has 0 radical (unpaired) electrons. The van der Waals surface area contributed by atoms with Crippen molar-refractivity contribution < 1.29 is 23.1 Å². The van der Waals surface area contributed by atoms with Gasteiger partial charge >= 0.3 is 5.97 Å². The van der Waals surface area contributed by atoms with Gasteiger partial charge in [0.25, 0.3) is 5.92 Å². The minimum atomic E-state index is -2.73. The number of aromatic carboxylic acids is 1. The quantitative estimate of drug-likeness (QED) is 0.758. The minimum absolute atomic E-state index is 0.0699. The van der Waals surface area contributed by atoms with Crippen LogP contribution in [0.1, 0.15) is 28.1 Å². The van der Waals surface area contributed by atoms with Crippen molar-refractivity contribution in [1.82, 2.24) is 0 Å². The van der Waals surface area contributed by atoms with E-state index in [-0.39, 0.29) is 18.6 Å². The van der Waals surface area contributed by atoms with Crippen molar-refractivity contribution in [3.8, 4) is 0 Å². The van der Waals surface area contributed by atoms with Crippen LogP contribution in [0.5, 0.6) is 0 Å². The molecule has 0 saturated carbocycles. The van der Waals surface area contributed by atoms with Gasteiger partial charge < -0.3 is 9.52 Å². The summed E-state index contributed by atoms with van der Waals surface area (Å²) in [4.78, 5) is 10.6. The molecular weight excluding hydrogens is 194 g/mol. The van der Waals surface area contributed by atoms with Crippen LogP contribution >= 0.6 is 0 Å². The minimum Gasteiger partial charge on any atom is -0.475 e. The predicted molar refractivity (Wildman–Crippen MR) is 42.6 cm³/mol. The van der Waals surface area contributed by atoms with Gasteiger partial charge in [0.1, 0.15) is 0 Å². The Hall–Kier alpha value is -1.39. The van der Waals surface area contributed by atoms with Gasteiger partial charge in [-0.25, -0.2) is 13.6 Å². The molecule has 0 bridgehead atoms. The third kappa shape index (κ3) is 1.38. The lowest BCUT2D eigenvalue weighted by Gasteiger charge is -2.20. The number of carbonyl (C=O) groups is 1. The SMILES string of the molecule is O=C(O)c1occ2c1CCC(F)(F)C2. The van der Waals surface area contributed by atoms with E-state index in [0.29, 0.717) is 11.1 Å². The molecule has 0 aromatic carbocycles. The van der Waals surface area contributed by atoms with Crippen molar-refractivity contribution in [2.24, 2.45) is 0 Å². The van der Waals surface area contributed by atoms with Crippen molar-refractivity contribution in [2.45, 2.75) is 25.2 Å². The summed E-state index contributed by atoms with van der Waals surface area (Å²) in [5.41, 5.74) is 0.738. The number of fused-ring (bicyclic) bond motifs is 1. The Morgan fingerprint density at radius 2 is 2.29 bits per heavy atom. The van der Waals surface area contributed by atoms with Crippen molar-refractivity contribution in [3.63, 3.8) is 0 Å². The van der Waals surface area contributed by atoms with E-state index >= 15 is 0 Å². The molecule has 5 heteroatoms. The standard InChI is InChI=1S/C9H8F2O3/c10-9(11)2-1-6-5(3-9)4-14-7(6)8(12)13/h4H,1-3H2,(H,12,13). The van der Waals surface area contributed by atoms with Gasteiger partial charge in [0, 0.05) is 24.0 Å². The molecule has 0 fully saturated rings. The largest absolute Gasteiger partial charge is 0.475 e. The maximum absolute atomic E-state index is 12.9. The molecule has 0 unspecified atom stereocenters. The Morgan fingerprint density at radius 3 is 2.93 bits per heavy atom. The van der Waals surface area contributed by atoms with Crippen molar-refractivity contribution in [1.29, 1.82) is 0 Å². The monoisotopic (exact) mass is 202 g/mol. The molecule has 1 aromatic rings. The van der Waals surface area contributed by atoms with Crippen LogP contribution in [0.25, 0.3) is 0 Å². The average Bonchev–Trinajstić information content (AvgIpc) is 2.44. The summed E-state index contributed by atoms with van der Waals surface area (Å²) in [7, 11) is 0. The first-order chi connectivity index (χ1) is 6.49. The Labute approximate surface area is 78.3 Å². The second-order valence-corrected chi connectivity index (χ2v) is 3.41. The van der Waals surface area contributed by atoms with Crippen LogP contribution < -0.4 is 0 Å². The van der Waals surface area contributed by atoms with Gasteiger partial charge in [-0.2, -0.15) is 0 Å². The van der Waals surface area contributed by atoms with E-state index in [2.05, 4.69) is 0 Å². The molecular formula is C9H8F2O3. The van der Waals surface area contributed by atoms with E-state index in [1.165, 1.54) is 0 Å². The summed E-state index contributed by atoms with van der Waals surface area (Å²) in [6.07, 6.45) is 0.464. The third-order valence-corrected chi connectivity index (χ3v) is 2.36. The molecule has 1 aromatic heterocycles. The highest BCUT2D eigenvalue weighted by atomic mass is 19.3. The second-order valence-electron chi connectivity index (χ2n) is 3.41. The van der Waals surface area contributed by atoms with Gasteiger partial charge in [-0.05, 0) is 6.42 Å². The Balaban J connectivity index is 2.39. The molecule has 1 aliphatic rings. The lowest BCUT2D eigenvalue weighted by Crippen LogP contribution is -2.25. The highest BCUT2D eigenvalue weighted by Crippen LogP contribution is 2.35. The molecule has 0 spiro atoms. The van der Waals surface area contributed by atoms with Crippen LogP contribution in [0.15, 0.2) is 10.7 Å². The zero-order valence-corrected chi connectivity index (χ0v) is 7.22. The topological polar surface area (TPSA) is 50.4 Å². The van der Waals surface area contributed by atoms with Crippen molar-refractivity contribution in [3.05, 3.63) is 23.2 Å². The van der Waals surface area contributed by atoms with Crippen LogP contribution in [0.4, 0.5) is 8.78 Å². The zero-order valence-electron chi connectivity index (χ0n) is 7.22. The molecule has 1 heterocycles. The number of carboxylic acids is 1. The summed E-state index contributed by atoms with van der Waals surface area (Å²) in [5, 5.41) is 8.68. The van der Waals surface area contributed by atoms with E-state index < -0.39 is 18.3 Å². The summed E-state index contributed by atoms with van der Waals surface area (Å²) in [6.45, 7) is 0. The molecule has 0 atom stereocenters.